The quantitative estimate of drug-likeness (QED) is 0.0994. The molecule has 0 unspecified atom stereocenters. The minimum absolute atomic E-state index is 0.0938. The van der Waals surface area contributed by atoms with Gasteiger partial charge in [0.1, 0.15) is 18.0 Å². The Morgan fingerprint density at radius 1 is 0.274 bits per heavy atom. The number of imidazole rings is 2. The van der Waals surface area contributed by atoms with E-state index in [0.717, 1.165) is 17.3 Å². The summed E-state index contributed by atoms with van der Waals surface area (Å²) in [7, 11) is 0. The van der Waals surface area contributed by atoms with Crippen molar-refractivity contribution >= 4 is 22.7 Å². The molecule has 0 bridgehead atoms. The lowest BCUT2D eigenvalue weighted by molar-refractivity contribution is 0.548. The highest BCUT2D eigenvalue weighted by Gasteiger charge is 2.20. The molecule has 0 aliphatic heterocycles. The SMILES string of the molecule is CC.CC.CC.CC.CC.CC.CC.CC.CC.CC.CC(C)(C)c1ccc[nH]1.CC(C)(C)c1ccccn1.CC(C)(C)c1cccnc1.CC(C)(C)c1cccs1.CC(C)(C)c1ccn[nH]1.CC(C)(C)c1ccncc1.CC(C)(C)c1ccsc1.CC(C)(C)c1cnc[nH]1.CC(C)(C)c1ncc[nH]1.CC(C)(C)c1ncn[nH]1. The van der Waals surface area contributed by atoms with Crippen LogP contribution in [0.1, 0.15) is 402 Å². The van der Waals surface area contributed by atoms with Gasteiger partial charge in [0.15, 0.2) is 0 Å². The molecular formula is C98H183N13S2. The van der Waals surface area contributed by atoms with Crippen molar-refractivity contribution < 1.29 is 0 Å². The van der Waals surface area contributed by atoms with E-state index < -0.39 is 0 Å². The third kappa shape index (κ3) is 70.1. The van der Waals surface area contributed by atoms with E-state index in [1.54, 1.807) is 36.3 Å². The Morgan fingerprint density at radius 3 is 0.973 bits per heavy atom. The molecule has 10 rings (SSSR count). The van der Waals surface area contributed by atoms with Gasteiger partial charge in [-0.2, -0.15) is 21.5 Å². The summed E-state index contributed by atoms with van der Waals surface area (Å²) in [6.07, 6.45) is 21.7. The minimum Gasteiger partial charge on any atom is -0.365 e. The Balaban J connectivity index is -0.000000127. The number of pyridine rings is 3. The lowest BCUT2D eigenvalue weighted by atomic mass is 9.88. The third-order valence-corrected chi connectivity index (χ3v) is 15.5. The number of nitrogens with one attached hydrogen (secondary N) is 5. The first-order chi connectivity index (χ1) is 52.6. The molecule has 10 aromatic heterocycles. The van der Waals surface area contributed by atoms with Gasteiger partial charge in [0.2, 0.25) is 0 Å². The number of rotatable bonds is 0. The number of H-pyrrole nitrogens is 5. The summed E-state index contributed by atoms with van der Waals surface area (Å²) in [5.74, 6) is 1.98. The molecule has 0 saturated heterocycles. The van der Waals surface area contributed by atoms with Crippen LogP contribution < -0.4 is 0 Å². The highest BCUT2D eigenvalue weighted by molar-refractivity contribution is 7.10. The number of hydrogen-bond donors (Lipinski definition) is 5. The Hall–Kier alpha value is -7.10. The summed E-state index contributed by atoms with van der Waals surface area (Å²) in [5.41, 5.74) is 11.1. The summed E-state index contributed by atoms with van der Waals surface area (Å²) in [5, 5.41) is 19.8. The maximum absolute atomic E-state index is 4.25. The van der Waals surface area contributed by atoms with Crippen molar-refractivity contribution in [3.05, 3.63) is 226 Å². The molecule has 5 N–H and O–H groups in total. The molecule has 113 heavy (non-hydrogen) atoms. The average Bonchev–Trinajstić information content (AvgIpc) is 1.65. The minimum atomic E-state index is 0.0938. The van der Waals surface area contributed by atoms with Crippen LogP contribution >= 0.6 is 22.7 Å². The van der Waals surface area contributed by atoms with Gasteiger partial charge < -0.3 is 15.0 Å². The summed E-state index contributed by atoms with van der Waals surface area (Å²) < 4.78 is 0. The number of thiophene rings is 2. The molecular weight excluding hydrogens is 1420 g/mol. The molecule has 0 radical (unpaired) electrons. The largest absolute Gasteiger partial charge is 0.365 e. The van der Waals surface area contributed by atoms with Gasteiger partial charge in [0.05, 0.1) is 6.33 Å². The van der Waals surface area contributed by atoms with E-state index in [4.69, 9.17) is 0 Å². The van der Waals surface area contributed by atoms with E-state index in [2.05, 4.69) is 338 Å². The van der Waals surface area contributed by atoms with Crippen molar-refractivity contribution in [2.45, 2.75) is 400 Å². The molecule has 10 heterocycles. The molecule has 0 aliphatic rings. The van der Waals surface area contributed by atoms with Crippen LogP contribution in [0, 0.1) is 0 Å². The fourth-order valence-corrected chi connectivity index (χ4v) is 8.94. The van der Waals surface area contributed by atoms with Crippen molar-refractivity contribution in [1.29, 1.82) is 0 Å². The van der Waals surface area contributed by atoms with Crippen molar-refractivity contribution in [2.24, 2.45) is 0 Å². The Labute approximate surface area is 709 Å². The molecule has 0 aliphatic carbocycles. The number of hydrogen-bond acceptors (Lipinski definition) is 10. The van der Waals surface area contributed by atoms with Gasteiger partial charge in [0.25, 0.3) is 0 Å². The molecule has 13 nitrogen and oxygen atoms in total. The predicted octanol–water partition coefficient (Wildman–Crippen LogP) is 32.0. The van der Waals surface area contributed by atoms with Gasteiger partial charge in [-0.1, -0.05) is 364 Å². The Bertz CT molecular complexity index is 2750. The van der Waals surface area contributed by atoms with Gasteiger partial charge in [0, 0.05) is 122 Å². The van der Waals surface area contributed by atoms with Crippen LogP contribution in [0.25, 0.3) is 0 Å². The fourth-order valence-electron chi connectivity index (χ4n) is 7.24. The Kier molecular flexibility index (Phi) is 80.1. The summed E-state index contributed by atoms with van der Waals surface area (Å²) in [4.78, 5) is 35.1. The van der Waals surface area contributed by atoms with Gasteiger partial charge in [-0.05, 0) is 115 Å². The first kappa shape index (κ1) is 127. The average molecular weight is 1610 g/mol. The summed E-state index contributed by atoms with van der Waals surface area (Å²) in [6.45, 7) is 105. The molecule has 0 atom stereocenters. The predicted molar refractivity (Wildman–Crippen MR) is 515 cm³/mol. The van der Waals surface area contributed by atoms with E-state index in [-0.39, 0.29) is 43.3 Å². The first-order valence-corrected chi connectivity index (χ1v) is 44.2. The van der Waals surface area contributed by atoms with Gasteiger partial charge in [-0.25, -0.2) is 15.0 Å². The zero-order valence-corrected chi connectivity index (χ0v) is 84.7. The van der Waals surface area contributed by atoms with Crippen LogP contribution in [0.5, 0.6) is 0 Å². The molecule has 0 spiro atoms. The normalized spacial score (nSPS) is 10.2. The molecule has 0 fully saturated rings. The highest BCUT2D eigenvalue weighted by atomic mass is 32.1. The van der Waals surface area contributed by atoms with Crippen molar-refractivity contribution in [3.8, 4) is 0 Å². The van der Waals surface area contributed by atoms with Crippen LogP contribution in [0.4, 0.5) is 0 Å². The van der Waals surface area contributed by atoms with Gasteiger partial charge in [-0.15, -0.1) is 11.3 Å². The second kappa shape index (κ2) is 71.4. The maximum atomic E-state index is 4.25. The van der Waals surface area contributed by atoms with Gasteiger partial charge >= 0.3 is 0 Å². The third-order valence-electron chi connectivity index (χ3n) is 13.5. The Morgan fingerprint density at radius 2 is 0.770 bits per heavy atom. The summed E-state index contributed by atoms with van der Waals surface area (Å²) in [6, 6.07) is 26.8. The van der Waals surface area contributed by atoms with Crippen LogP contribution in [0.3, 0.4) is 0 Å². The summed E-state index contributed by atoms with van der Waals surface area (Å²) >= 11 is 3.60. The van der Waals surface area contributed by atoms with E-state index >= 15 is 0 Å². The van der Waals surface area contributed by atoms with Crippen molar-refractivity contribution in [3.63, 3.8) is 0 Å². The van der Waals surface area contributed by atoms with Crippen LogP contribution in [-0.4, -0.2) is 65.3 Å². The van der Waals surface area contributed by atoms with E-state index in [1.165, 1.54) is 45.0 Å². The van der Waals surface area contributed by atoms with Crippen LogP contribution in [0.15, 0.2) is 170 Å². The molecule has 0 aromatic carbocycles. The van der Waals surface area contributed by atoms with Crippen LogP contribution in [-0.2, 0) is 54.1 Å². The molecule has 15 heteroatoms. The lowest BCUT2D eigenvalue weighted by Crippen LogP contribution is -2.13. The maximum Gasteiger partial charge on any atom is 0.137 e. The fraction of sp³-hybridized carbons (Fsp3) is 0.612. The highest BCUT2D eigenvalue weighted by Crippen LogP contribution is 2.28. The van der Waals surface area contributed by atoms with E-state index in [1.807, 2.05) is 224 Å². The van der Waals surface area contributed by atoms with E-state index in [9.17, 15) is 0 Å². The molecule has 0 saturated carbocycles. The van der Waals surface area contributed by atoms with E-state index in [0.29, 0.717) is 10.8 Å². The van der Waals surface area contributed by atoms with Crippen LogP contribution in [0.2, 0.25) is 0 Å². The number of aromatic amines is 5. The lowest BCUT2D eigenvalue weighted by Gasteiger charge is -2.17. The van der Waals surface area contributed by atoms with Gasteiger partial charge in [-0.3, -0.25) is 25.1 Å². The second-order valence-electron chi connectivity index (χ2n) is 33.0. The molecule has 652 valence electrons. The first-order valence-electron chi connectivity index (χ1n) is 42.3. The van der Waals surface area contributed by atoms with Crippen molar-refractivity contribution in [2.75, 3.05) is 0 Å². The second-order valence-corrected chi connectivity index (χ2v) is 34.7. The zero-order valence-electron chi connectivity index (χ0n) is 83.1. The zero-order chi connectivity index (χ0) is 91.2. The number of nitrogens with zero attached hydrogens (tertiary/aromatic N) is 8. The van der Waals surface area contributed by atoms with Crippen molar-refractivity contribution in [1.82, 2.24) is 65.3 Å². The smallest absolute Gasteiger partial charge is 0.137 e. The number of aromatic nitrogens is 13. The topological polar surface area (TPSA) is 182 Å². The molecule has 10 aromatic rings. The monoisotopic (exact) mass is 1610 g/mol. The molecule has 0 amide bonds. The standard InChI is InChI=1S/3C9H13N.C8H13N.2C8H12S.3C7H12N2.C6H11N3.10C2H6/c1-9(2,3)8-4-6-10-7-5-8;1-9(2,3)8-5-4-6-10-7-8;1-9(2,3)8-6-4-5-7-10-8;1-8(2,3)7-5-4-6-9-7;1-8(2,3)7-4-5-9-6-7;1-8(2,3)7-5-4-6-9-7;1-7(2,3)6-4-8-5-9-6;1-7(2,3)6-8-4-5-9-6;1-7(2,3)6-4-5-8-9-6;1-6(2,3)5-7-4-8-9-5;10*1-2/h3*4-7H,1-3H3;4-6,9H,1-3H3;2*4-6H,1-3H3;3*4-5H,1-3H3,(H,8,9);4H,1-3H3,(H,7,8,9);10*1-2H3.